The van der Waals surface area contributed by atoms with Crippen LogP contribution in [0.15, 0.2) is 24.5 Å². The second-order valence-electron chi connectivity index (χ2n) is 3.27. The average Bonchev–Trinajstić information content (AvgIpc) is 2.14. The standard InChI is InChI=1S/C8H10N2O5S2/c1-16(12,13)10(17(2,14)15)8(11)7-4-3-5-9-6-7/h3-6H,1-2H3. The van der Waals surface area contributed by atoms with Gasteiger partial charge in [-0.25, -0.2) is 16.8 Å². The topological polar surface area (TPSA) is 101 Å². The van der Waals surface area contributed by atoms with Crippen molar-refractivity contribution < 1.29 is 21.6 Å². The minimum atomic E-state index is -4.20. The monoisotopic (exact) mass is 278 g/mol. The molecule has 0 aliphatic rings. The minimum Gasteiger partial charge on any atom is -0.267 e. The number of carbonyl (C=O) groups is 1. The Labute approximate surface area is 99.2 Å². The number of hydrogen-bond donors (Lipinski definition) is 0. The second-order valence-corrected chi connectivity index (χ2v) is 7.16. The predicted molar refractivity (Wildman–Crippen MR) is 60.1 cm³/mol. The van der Waals surface area contributed by atoms with Gasteiger partial charge >= 0.3 is 0 Å². The number of carbonyl (C=O) groups excluding carboxylic acids is 1. The summed E-state index contributed by atoms with van der Waals surface area (Å²) < 4.78 is 45.0. The number of pyridine rings is 1. The van der Waals surface area contributed by atoms with Crippen molar-refractivity contribution in [1.29, 1.82) is 0 Å². The zero-order chi connectivity index (χ0) is 13.3. The smallest absolute Gasteiger partial charge is 0.267 e. The molecule has 0 radical (unpaired) electrons. The number of rotatable bonds is 3. The first-order chi connectivity index (χ1) is 7.64. The Hall–Kier alpha value is -1.48. The van der Waals surface area contributed by atoms with Gasteiger partial charge in [-0.15, -0.1) is 3.71 Å². The molecule has 17 heavy (non-hydrogen) atoms. The van der Waals surface area contributed by atoms with Crippen molar-refractivity contribution >= 4 is 26.0 Å². The fourth-order valence-corrected chi connectivity index (χ4v) is 3.92. The Bertz CT molecular complexity index is 589. The van der Waals surface area contributed by atoms with Crippen LogP contribution in [-0.2, 0) is 20.0 Å². The SMILES string of the molecule is CS(=O)(=O)N(C(=O)c1cccnc1)S(C)(=O)=O. The van der Waals surface area contributed by atoms with E-state index in [1.807, 2.05) is 0 Å². The van der Waals surface area contributed by atoms with Crippen molar-refractivity contribution in [3.05, 3.63) is 30.1 Å². The zero-order valence-corrected chi connectivity index (χ0v) is 10.7. The Morgan fingerprint density at radius 1 is 1.18 bits per heavy atom. The molecule has 0 spiro atoms. The van der Waals surface area contributed by atoms with Gasteiger partial charge in [0.25, 0.3) is 5.91 Å². The van der Waals surface area contributed by atoms with Gasteiger partial charge in [0.2, 0.25) is 20.0 Å². The van der Waals surface area contributed by atoms with E-state index in [2.05, 4.69) is 4.98 Å². The second kappa shape index (κ2) is 4.41. The highest BCUT2D eigenvalue weighted by atomic mass is 32.3. The molecule has 0 aliphatic carbocycles. The summed E-state index contributed by atoms with van der Waals surface area (Å²) in [6, 6.07) is 2.68. The van der Waals surface area contributed by atoms with E-state index >= 15 is 0 Å². The lowest BCUT2D eigenvalue weighted by Gasteiger charge is -2.17. The molecule has 0 saturated carbocycles. The van der Waals surface area contributed by atoms with Crippen LogP contribution in [0.2, 0.25) is 0 Å². The van der Waals surface area contributed by atoms with Crippen LogP contribution in [-0.4, -0.2) is 43.9 Å². The van der Waals surface area contributed by atoms with Crippen LogP contribution in [0.1, 0.15) is 10.4 Å². The van der Waals surface area contributed by atoms with Crippen LogP contribution in [0.25, 0.3) is 0 Å². The normalized spacial score (nSPS) is 12.1. The molecule has 1 aromatic rings. The molecular weight excluding hydrogens is 268 g/mol. The van der Waals surface area contributed by atoms with Gasteiger partial charge in [-0.2, -0.15) is 0 Å². The molecule has 94 valence electrons. The third-order valence-electron chi connectivity index (χ3n) is 1.68. The lowest BCUT2D eigenvalue weighted by Crippen LogP contribution is -2.40. The molecule has 1 heterocycles. The largest absolute Gasteiger partial charge is 0.283 e. The number of nitrogens with zero attached hydrogens (tertiary/aromatic N) is 2. The van der Waals surface area contributed by atoms with E-state index in [0.717, 1.165) is 6.20 Å². The van der Waals surface area contributed by atoms with Crippen molar-refractivity contribution in [2.75, 3.05) is 12.5 Å². The van der Waals surface area contributed by atoms with Crippen molar-refractivity contribution in [2.24, 2.45) is 0 Å². The van der Waals surface area contributed by atoms with E-state index in [1.54, 1.807) is 0 Å². The van der Waals surface area contributed by atoms with Crippen molar-refractivity contribution in [1.82, 2.24) is 8.69 Å². The van der Waals surface area contributed by atoms with Gasteiger partial charge in [-0.05, 0) is 12.1 Å². The van der Waals surface area contributed by atoms with E-state index in [-0.39, 0.29) is 9.27 Å². The number of amides is 1. The van der Waals surface area contributed by atoms with Gasteiger partial charge < -0.3 is 0 Å². The molecule has 7 nitrogen and oxygen atoms in total. The molecule has 0 N–H and O–H groups in total. The first kappa shape index (κ1) is 13.6. The number of aromatic nitrogens is 1. The maximum atomic E-state index is 11.8. The molecule has 0 atom stereocenters. The van der Waals surface area contributed by atoms with Gasteiger partial charge in [0.05, 0.1) is 18.1 Å². The van der Waals surface area contributed by atoms with Gasteiger partial charge in [0.15, 0.2) is 0 Å². The summed E-state index contributed by atoms with van der Waals surface area (Å²) in [5.41, 5.74) is -0.122. The van der Waals surface area contributed by atoms with E-state index < -0.39 is 26.0 Å². The fraction of sp³-hybridized carbons (Fsp3) is 0.250. The summed E-state index contributed by atoms with van der Waals surface area (Å²) in [4.78, 5) is 15.4. The minimum absolute atomic E-state index is 0.122. The van der Waals surface area contributed by atoms with E-state index in [4.69, 9.17) is 0 Å². The van der Waals surface area contributed by atoms with Crippen molar-refractivity contribution in [2.45, 2.75) is 0 Å². The molecule has 0 saturated heterocycles. The zero-order valence-electron chi connectivity index (χ0n) is 9.06. The Morgan fingerprint density at radius 3 is 2.06 bits per heavy atom. The first-order valence-electron chi connectivity index (χ1n) is 4.29. The highest BCUT2D eigenvalue weighted by molar-refractivity contribution is 8.04. The third-order valence-corrected chi connectivity index (χ3v) is 4.84. The lowest BCUT2D eigenvalue weighted by atomic mass is 10.3. The molecule has 1 amide bonds. The highest BCUT2D eigenvalue weighted by Crippen LogP contribution is 2.11. The predicted octanol–water partition coefficient (Wildman–Crippen LogP) is -0.557. The summed E-state index contributed by atoms with van der Waals surface area (Å²) in [5, 5.41) is 0. The highest BCUT2D eigenvalue weighted by Gasteiger charge is 2.33. The molecule has 0 fully saturated rings. The van der Waals surface area contributed by atoms with Crippen LogP contribution >= 0.6 is 0 Å². The maximum Gasteiger partial charge on any atom is 0.283 e. The summed E-state index contributed by atoms with van der Waals surface area (Å²) in [6.07, 6.45) is 3.75. The fourth-order valence-electron chi connectivity index (χ4n) is 1.14. The van der Waals surface area contributed by atoms with E-state index in [9.17, 15) is 21.6 Å². The molecule has 0 aliphatic heterocycles. The number of hydrogen-bond acceptors (Lipinski definition) is 6. The Balaban J connectivity index is 3.34. The third kappa shape index (κ3) is 3.24. The molecule has 9 heteroatoms. The van der Waals surface area contributed by atoms with Crippen LogP contribution in [0, 0.1) is 0 Å². The van der Waals surface area contributed by atoms with Gasteiger partial charge in [-0.1, -0.05) is 0 Å². The average molecular weight is 278 g/mol. The molecule has 1 aromatic heterocycles. The lowest BCUT2D eigenvalue weighted by molar-refractivity contribution is 0.0922. The maximum absolute atomic E-state index is 11.8. The Kier molecular flexibility index (Phi) is 3.53. The molecule has 0 bridgehead atoms. The van der Waals surface area contributed by atoms with Crippen LogP contribution in [0.5, 0.6) is 0 Å². The molecule has 0 unspecified atom stereocenters. The quantitative estimate of drug-likeness (QED) is 0.734. The van der Waals surface area contributed by atoms with Crippen molar-refractivity contribution in [3.8, 4) is 0 Å². The van der Waals surface area contributed by atoms with Crippen molar-refractivity contribution in [3.63, 3.8) is 0 Å². The van der Waals surface area contributed by atoms with Crippen LogP contribution in [0.4, 0.5) is 0 Å². The molecular formula is C8H10N2O5S2. The summed E-state index contributed by atoms with van der Waals surface area (Å²) >= 11 is 0. The van der Waals surface area contributed by atoms with E-state index in [0.29, 0.717) is 12.5 Å². The summed E-state index contributed by atoms with van der Waals surface area (Å²) in [5.74, 6) is -1.15. The van der Waals surface area contributed by atoms with Gasteiger partial charge in [-0.3, -0.25) is 9.78 Å². The van der Waals surface area contributed by atoms with Gasteiger partial charge in [0.1, 0.15) is 0 Å². The Morgan fingerprint density at radius 2 is 1.71 bits per heavy atom. The number of sulfonamides is 2. The first-order valence-corrected chi connectivity index (χ1v) is 7.98. The van der Waals surface area contributed by atoms with Crippen LogP contribution in [0.3, 0.4) is 0 Å². The van der Waals surface area contributed by atoms with Crippen LogP contribution < -0.4 is 0 Å². The molecule has 0 aromatic carbocycles. The van der Waals surface area contributed by atoms with Gasteiger partial charge in [0, 0.05) is 12.4 Å². The summed E-state index contributed by atoms with van der Waals surface area (Å²) in [6.45, 7) is 0. The summed E-state index contributed by atoms with van der Waals surface area (Å²) in [7, 11) is -8.40. The van der Waals surface area contributed by atoms with E-state index in [1.165, 1.54) is 18.3 Å². The molecule has 1 rings (SSSR count).